The molecular formula is C31H60N2+2. The van der Waals surface area contributed by atoms with Gasteiger partial charge in [0.1, 0.15) is 0 Å². The van der Waals surface area contributed by atoms with E-state index >= 15 is 0 Å². The highest BCUT2D eigenvalue weighted by molar-refractivity contribution is 5.10. The second-order valence-electron chi connectivity index (χ2n) is 13.6. The van der Waals surface area contributed by atoms with Crippen molar-refractivity contribution in [1.82, 2.24) is 0 Å². The number of nitrogens with zero attached hydrogens (tertiary/aromatic N) is 2. The second-order valence-corrected chi connectivity index (χ2v) is 13.6. The fourth-order valence-corrected chi connectivity index (χ4v) is 11.4. The molecule has 8 atom stereocenters. The van der Waals surface area contributed by atoms with E-state index in [9.17, 15) is 0 Å². The van der Waals surface area contributed by atoms with Crippen LogP contribution in [-0.2, 0) is 0 Å². The lowest BCUT2D eigenvalue weighted by Gasteiger charge is -2.62. The maximum Gasteiger partial charge on any atom is 0.0947 e. The molecule has 4 aliphatic rings. The van der Waals surface area contributed by atoms with Crippen molar-refractivity contribution in [3.8, 4) is 0 Å². The summed E-state index contributed by atoms with van der Waals surface area (Å²) in [6.45, 7) is 28.3. The van der Waals surface area contributed by atoms with Gasteiger partial charge in [-0.05, 0) is 116 Å². The highest BCUT2D eigenvalue weighted by Crippen LogP contribution is 2.67. The summed E-state index contributed by atoms with van der Waals surface area (Å²) in [5.74, 6) is 4.06. The van der Waals surface area contributed by atoms with Gasteiger partial charge in [0.05, 0.1) is 51.4 Å². The fraction of sp³-hybridized carbons (Fsp3) is 1.00. The number of fused-ring (bicyclic) bond motifs is 5. The summed E-state index contributed by atoms with van der Waals surface area (Å²) in [5, 5.41) is 0. The van der Waals surface area contributed by atoms with Gasteiger partial charge in [-0.25, -0.2) is 0 Å². The van der Waals surface area contributed by atoms with E-state index in [1.165, 1.54) is 99.6 Å². The summed E-state index contributed by atoms with van der Waals surface area (Å²) in [7, 11) is 0. The van der Waals surface area contributed by atoms with Crippen LogP contribution in [0.3, 0.4) is 0 Å². The van der Waals surface area contributed by atoms with Gasteiger partial charge in [-0.15, -0.1) is 0 Å². The molecule has 33 heavy (non-hydrogen) atoms. The Balaban J connectivity index is 1.55. The third-order valence-electron chi connectivity index (χ3n) is 13.8. The van der Waals surface area contributed by atoms with Gasteiger partial charge in [0, 0.05) is 18.3 Å². The molecule has 4 saturated carbocycles. The van der Waals surface area contributed by atoms with Crippen molar-refractivity contribution in [2.45, 2.75) is 125 Å². The van der Waals surface area contributed by atoms with E-state index in [0.717, 1.165) is 35.8 Å². The molecule has 0 aliphatic heterocycles. The summed E-state index contributed by atoms with van der Waals surface area (Å²) < 4.78 is 2.77. The molecule has 0 bridgehead atoms. The van der Waals surface area contributed by atoms with Crippen LogP contribution in [0.25, 0.3) is 0 Å². The van der Waals surface area contributed by atoms with Crippen LogP contribution in [0.5, 0.6) is 0 Å². The van der Waals surface area contributed by atoms with Crippen LogP contribution in [0.15, 0.2) is 0 Å². The molecule has 0 aromatic carbocycles. The van der Waals surface area contributed by atoms with Gasteiger partial charge in [-0.2, -0.15) is 0 Å². The Morgan fingerprint density at radius 1 is 0.576 bits per heavy atom. The predicted octanol–water partition coefficient (Wildman–Crippen LogP) is 7.52. The molecule has 0 aromatic rings. The largest absolute Gasteiger partial charge is 0.322 e. The van der Waals surface area contributed by atoms with E-state index < -0.39 is 0 Å². The van der Waals surface area contributed by atoms with Crippen LogP contribution in [0.2, 0.25) is 0 Å². The van der Waals surface area contributed by atoms with Gasteiger partial charge in [0.2, 0.25) is 0 Å². The van der Waals surface area contributed by atoms with Gasteiger partial charge < -0.3 is 8.97 Å². The lowest BCUT2D eigenvalue weighted by molar-refractivity contribution is -0.953. The van der Waals surface area contributed by atoms with E-state index in [1.807, 2.05) is 0 Å². The van der Waals surface area contributed by atoms with Crippen LogP contribution in [-0.4, -0.2) is 60.3 Å². The van der Waals surface area contributed by atoms with Crippen molar-refractivity contribution in [2.75, 3.05) is 39.3 Å². The quantitative estimate of drug-likeness (QED) is 0.329. The van der Waals surface area contributed by atoms with E-state index in [0.29, 0.717) is 10.8 Å². The van der Waals surface area contributed by atoms with Crippen molar-refractivity contribution in [2.24, 2.45) is 34.5 Å². The van der Waals surface area contributed by atoms with Crippen molar-refractivity contribution in [1.29, 1.82) is 0 Å². The lowest BCUT2D eigenvalue weighted by atomic mass is 9.44. The first kappa shape index (κ1) is 26.0. The molecule has 4 rings (SSSR count). The SMILES string of the molecule is CC[N+](CC)(CC)C1CC[C@@]2(C)C(CC[C@@H]3C2CC[C@@]2(C)C3CCC2[N+](CC)(CC)CC)C1. The molecule has 5 unspecified atom stereocenters. The molecular weight excluding hydrogens is 400 g/mol. The third-order valence-corrected chi connectivity index (χ3v) is 13.8. The van der Waals surface area contributed by atoms with Crippen LogP contribution < -0.4 is 0 Å². The molecule has 4 fully saturated rings. The van der Waals surface area contributed by atoms with E-state index in [1.54, 1.807) is 6.42 Å². The van der Waals surface area contributed by atoms with Gasteiger partial charge in [0.15, 0.2) is 0 Å². The minimum Gasteiger partial charge on any atom is -0.322 e. The van der Waals surface area contributed by atoms with E-state index in [2.05, 4.69) is 55.4 Å². The maximum atomic E-state index is 2.78. The standard InChI is InChI=1S/C31H60N2/c1-9-32(10-2,11-3)25-19-21-30(7)24(23-25)15-16-26-27-17-18-29(33(12-4,13-5)14-6)31(27,8)22-20-28(26)30/h24-29H,9-23H2,1-8H3/q+2/t24?,25?,26-,27?,28?,29?,30-,31-/m0/s1. The minimum atomic E-state index is 0.599. The first-order valence-electron chi connectivity index (χ1n) is 15.5. The summed E-state index contributed by atoms with van der Waals surface area (Å²) in [6, 6.07) is 1.85. The van der Waals surface area contributed by atoms with Crippen molar-refractivity contribution < 1.29 is 8.97 Å². The molecule has 0 heterocycles. The average molecular weight is 461 g/mol. The number of hydrogen-bond donors (Lipinski definition) is 0. The molecule has 0 spiro atoms. The first-order chi connectivity index (χ1) is 15.7. The average Bonchev–Trinajstić information content (AvgIpc) is 3.20. The number of rotatable bonds is 8. The molecule has 192 valence electrons. The molecule has 0 amide bonds. The van der Waals surface area contributed by atoms with Crippen molar-refractivity contribution in [3.05, 3.63) is 0 Å². The van der Waals surface area contributed by atoms with E-state index in [4.69, 9.17) is 0 Å². The summed E-state index contributed by atoms with van der Waals surface area (Å²) in [6.07, 6.45) is 13.7. The normalized spacial score (nSPS) is 43.6. The Morgan fingerprint density at radius 2 is 1.12 bits per heavy atom. The zero-order valence-electron chi connectivity index (χ0n) is 24.0. The summed E-state index contributed by atoms with van der Waals surface area (Å²) >= 11 is 0. The molecule has 2 nitrogen and oxygen atoms in total. The summed E-state index contributed by atoms with van der Waals surface area (Å²) in [5.41, 5.74) is 1.23. The Morgan fingerprint density at radius 3 is 1.70 bits per heavy atom. The Labute approximate surface area is 208 Å². The predicted molar refractivity (Wildman–Crippen MR) is 143 cm³/mol. The van der Waals surface area contributed by atoms with Gasteiger partial charge >= 0.3 is 0 Å². The van der Waals surface area contributed by atoms with Crippen LogP contribution >= 0.6 is 0 Å². The fourth-order valence-electron chi connectivity index (χ4n) is 11.4. The third kappa shape index (κ3) is 3.70. The zero-order valence-corrected chi connectivity index (χ0v) is 24.0. The monoisotopic (exact) mass is 460 g/mol. The Hall–Kier alpha value is -0.0800. The summed E-state index contributed by atoms with van der Waals surface area (Å²) in [4.78, 5) is 0. The van der Waals surface area contributed by atoms with Gasteiger partial charge in [-0.3, -0.25) is 0 Å². The van der Waals surface area contributed by atoms with Crippen LogP contribution in [0.4, 0.5) is 0 Å². The van der Waals surface area contributed by atoms with Crippen LogP contribution in [0, 0.1) is 34.5 Å². The first-order valence-corrected chi connectivity index (χ1v) is 15.5. The lowest BCUT2D eigenvalue weighted by Crippen LogP contribution is -2.63. The highest BCUT2D eigenvalue weighted by atomic mass is 15.4. The second kappa shape index (κ2) is 9.42. The minimum absolute atomic E-state index is 0.599. The zero-order chi connectivity index (χ0) is 24.1. The number of quaternary nitrogens is 2. The molecule has 4 aliphatic carbocycles. The molecule has 0 N–H and O–H groups in total. The Bertz CT molecular complexity index is 647. The molecule has 0 aromatic heterocycles. The van der Waals surface area contributed by atoms with Crippen LogP contribution in [0.1, 0.15) is 113 Å². The molecule has 0 saturated heterocycles. The molecule has 2 heteroatoms. The maximum absolute atomic E-state index is 2.78. The van der Waals surface area contributed by atoms with Gasteiger partial charge in [0.25, 0.3) is 0 Å². The smallest absolute Gasteiger partial charge is 0.0947 e. The highest BCUT2D eigenvalue weighted by Gasteiger charge is 2.64. The van der Waals surface area contributed by atoms with E-state index in [-0.39, 0.29) is 0 Å². The van der Waals surface area contributed by atoms with Crippen molar-refractivity contribution in [3.63, 3.8) is 0 Å². The molecule has 0 radical (unpaired) electrons. The van der Waals surface area contributed by atoms with Gasteiger partial charge in [-0.1, -0.05) is 13.8 Å². The topological polar surface area (TPSA) is 0 Å². The Kier molecular flexibility index (Phi) is 7.42. The van der Waals surface area contributed by atoms with Crippen molar-refractivity contribution >= 4 is 0 Å². The number of hydrogen-bond acceptors (Lipinski definition) is 0.